The summed E-state index contributed by atoms with van der Waals surface area (Å²) in [5.41, 5.74) is 1.03. The Labute approximate surface area is 126 Å². The Bertz CT molecular complexity index is 441. The topological polar surface area (TPSA) is 32.3 Å². The summed E-state index contributed by atoms with van der Waals surface area (Å²) in [7, 11) is 1.86. The largest absolute Gasteiger partial charge is 0.338 e. The fraction of sp³-hybridized carbons (Fsp3) is 0.588. The van der Waals surface area contributed by atoms with Crippen LogP contribution in [0.1, 0.15) is 37.7 Å². The SMILES string of the molecule is CN(CC1CCCCC1)C(=O)NCCc1ccc(F)cc1. The van der Waals surface area contributed by atoms with Gasteiger partial charge in [0.2, 0.25) is 0 Å². The molecule has 3 nitrogen and oxygen atoms in total. The van der Waals surface area contributed by atoms with Crippen molar-refractivity contribution in [2.24, 2.45) is 5.92 Å². The number of carbonyl (C=O) groups excluding carboxylic acids is 1. The standard InChI is InChI=1S/C17H25FN2O/c1-20(13-15-5-3-2-4-6-15)17(21)19-12-11-14-7-9-16(18)10-8-14/h7-10,15H,2-6,11-13H2,1H3,(H,19,21). The number of hydrogen-bond acceptors (Lipinski definition) is 1. The van der Waals surface area contributed by atoms with E-state index < -0.39 is 0 Å². The zero-order valence-electron chi connectivity index (χ0n) is 12.8. The summed E-state index contributed by atoms with van der Waals surface area (Å²) < 4.78 is 12.8. The number of hydrogen-bond donors (Lipinski definition) is 1. The maximum Gasteiger partial charge on any atom is 0.317 e. The molecule has 0 aromatic heterocycles. The maximum atomic E-state index is 12.8. The smallest absolute Gasteiger partial charge is 0.317 e. The summed E-state index contributed by atoms with van der Waals surface area (Å²) in [4.78, 5) is 13.8. The first kappa shape index (κ1) is 15.8. The van der Waals surface area contributed by atoms with Crippen LogP contribution in [0.15, 0.2) is 24.3 Å². The van der Waals surface area contributed by atoms with Crippen molar-refractivity contribution in [1.29, 1.82) is 0 Å². The van der Waals surface area contributed by atoms with E-state index in [0.29, 0.717) is 12.5 Å². The molecule has 0 bridgehead atoms. The van der Waals surface area contributed by atoms with E-state index in [-0.39, 0.29) is 11.8 Å². The zero-order valence-corrected chi connectivity index (χ0v) is 12.8. The molecule has 0 aliphatic heterocycles. The molecule has 116 valence electrons. The van der Waals surface area contributed by atoms with E-state index in [1.165, 1.54) is 44.2 Å². The van der Waals surface area contributed by atoms with Crippen LogP contribution >= 0.6 is 0 Å². The van der Waals surface area contributed by atoms with Gasteiger partial charge < -0.3 is 10.2 Å². The van der Waals surface area contributed by atoms with Crippen LogP contribution in [0.4, 0.5) is 9.18 Å². The Morgan fingerprint density at radius 3 is 2.57 bits per heavy atom. The summed E-state index contributed by atoms with van der Waals surface area (Å²) in [5, 5.41) is 2.93. The molecule has 0 heterocycles. The number of carbonyl (C=O) groups is 1. The summed E-state index contributed by atoms with van der Waals surface area (Å²) in [5.74, 6) is 0.432. The molecule has 2 rings (SSSR count). The van der Waals surface area contributed by atoms with Gasteiger partial charge in [-0.3, -0.25) is 0 Å². The van der Waals surface area contributed by atoms with Gasteiger partial charge in [-0.15, -0.1) is 0 Å². The van der Waals surface area contributed by atoms with Crippen LogP contribution in [0, 0.1) is 11.7 Å². The van der Waals surface area contributed by atoms with Gasteiger partial charge in [0.15, 0.2) is 0 Å². The molecule has 1 aromatic rings. The fourth-order valence-corrected chi connectivity index (χ4v) is 2.94. The minimum absolute atomic E-state index is 0.0114. The maximum absolute atomic E-state index is 12.8. The highest BCUT2D eigenvalue weighted by atomic mass is 19.1. The third-order valence-corrected chi connectivity index (χ3v) is 4.21. The van der Waals surface area contributed by atoms with Gasteiger partial charge >= 0.3 is 6.03 Å². The van der Waals surface area contributed by atoms with E-state index in [9.17, 15) is 9.18 Å². The molecule has 1 aromatic carbocycles. The summed E-state index contributed by atoms with van der Waals surface area (Å²) in [6.45, 7) is 1.43. The molecule has 0 radical (unpaired) electrons. The molecule has 0 atom stereocenters. The quantitative estimate of drug-likeness (QED) is 0.883. The van der Waals surface area contributed by atoms with E-state index in [2.05, 4.69) is 5.32 Å². The molecule has 0 saturated heterocycles. The van der Waals surface area contributed by atoms with Gasteiger partial charge in [0.1, 0.15) is 5.82 Å². The number of nitrogens with zero attached hydrogens (tertiary/aromatic N) is 1. The number of amides is 2. The monoisotopic (exact) mass is 292 g/mol. The van der Waals surface area contributed by atoms with Crippen LogP contribution in [0.25, 0.3) is 0 Å². The Kier molecular flexibility index (Phi) is 6.03. The number of nitrogens with one attached hydrogen (secondary N) is 1. The Morgan fingerprint density at radius 2 is 1.90 bits per heavy atom. The number of rotatable bonds is 5. The van der Waals surface area contributed by atoms with Gasteiger partial charge in [-0.2, -0.15) is 0 Å². The first-order valence-electron chi connectivity index (χ1n) is 7.88. The van der Waals surface area contributed by atoms with Crippen molar-refractivity contribution in [1.82, 2.24) is 10.2 Å². The zero-order chi connectivity index (χ0) is 15.1. The van der Waals surface area contributed by atoms with Crippen molar-refractivity contribution >= 4 is 6.03 Å². The lowest BCUT2D eigenvalue weighted by Gasteiger charge is -2.27. The Morgan fingerprint density at radius 1 is 1.24 bits per heavy atom. The molecule has 21 heavy (non-hydrogen) atoms. The van der Waals surface area contributed by atoms with E-state index in [1.54, 1.807) is 17.0 Å². The molecule has 1 aliphatic rings. The van der Waals surface area contributed by atoms with Gasteiger partial charge in [-0.05, 0) is 42.9 Å². The highest BCUT2D eigenvalue weighted by molar-refractivity contribution is 5.73. The highest BCUT2D eigenvalue weighted by Gasteiger charge is 2.17. The van der Waals surface area contributed by atoms with Crippen LogP contribution in [0.5, 0.6) is 0 Å². The molecule has 1 fully saturated rings. The number of halogens is 1. The Balaban J connectivity index is 1.67. The summed E-state index contributed by atoms with van der Waals surface area (Å²) in [6, 6.07) is 6.40. The minimum atomic E-state index is -0.227. The molecule has 4 heteroatoms. The van der Waals surface area contributed by atoms with E-state index in [1.807, 2.05) is 7.05 Å². The second-order valence-electron chi connectivity index (χ2n) is 5.99. The van der Waals surface area contributed by atoms with Gasteiger partial charge in [0.05, 0.1) is 0 Å². The lowest BCUT2D eigenvalue weighted by Crippen LogP contribution is -2.40. The van der Waals surface area contributed by atoms with Gasteiger partial charge in [-0.1, -0.05) is 31.4 Å². The third kappa shape index (κ3) is 5.37. The predicted octanol–water partition coefficient (Wildman–Crippen LogP) is 3.59. The van der Waals surface area contributed by atoms with Crippen LogP contribution in [0.3, 0.4) is 0 Å². The Hall–Kier alpha value is -1.58. The van der Waals surface area contributed by atoms with Crippen LogP contribution < -0.4 is 5.32 Å². The molecular weight excluding hydrogens is 267 g/mol. The minimum Gasteiger partial charge on any atom is -0.338 e. The molecule has 0 unspecified atom stereocenters. The van der Waals surface area contributed by atoms with Crippen molar-refractivity contribution < 1.29 is 9.18 Å². The first-order chi connectivity index (χ1) is 10.1. The van der Waals surface area contributed by atoms with Crippen molar-refractivity contribution in [3.8, 4) is 0 Å². The normalized spacial score (nSPS) is 15.7. The van der Waals surface area contributed by atoms with Crippen molar-refractivity contribution in [3.05, 3.63) is 35.6 Å². The lowest BCUT2D eigenvalue weighted by atomic mass is 9.89. The van der Waals surface area contributed by atoms with Crippen molar-refractivity contribution in [2.75, 3.05) is 20.1 Å². The van der Waals surface area contributed by atoms with Gasteiger partial charge in [-0.25, -0.2) is 9.18 Å². The third-order valence-electron chi connectivity index (χ3n) is 4.21. The van der Waals surface area contributed by atoms with Crippen molar-refractivity contribution in [2.45, 2.75) is 38.5 Å². The van der Waals surface area contributed by atoms with Crippen LogP contribution in [0.2, 0.25) is 0 Å². The predicted molar refractivity (Wildman–Crippen MR) is 82.7 cm³/mol. The van der Waals surface area contributed by atoms with Gasteiger partial charge in [0, 0.05) is 20.1 Å². The highest BCUT2D eigenvalue weighted by Crippen LogP contribution is 2.24. The lowest BCUT2D eigenvalue weighted by molar-refractivity contribution is 0.192. The molecule has 1 N–H and O–H groups in total. The molecule has 2 amide bonds. The summed E-state index contributed by atoms with van der Waals surface area (Å²) >= 11 is 0. The van der Waals surface area contributed by atoms with Crippen LogP contribution in [-0.4, -0.2) is 31.1 Å². The molecule has 1 saturated carbocycles. The molecular formula is C17H25FN2O. The summed E-state index contributed by atoms with van der Waals surface area (Å²) in [6.07, 6.45) is 7.14. The van der Waals surface area contributed by atoms with E-state index >= 15 is 0 Å². The number of benzene rings is 1. The fourth-order valence-electron chi connectivity index (χ4n) is 2.94. The average molecular weight is 292 g/mol. The second-order valence-corrected chi connectivity index (χ2v) is 5.99. The second kappa shape index (κ2) is 8.01. The first-order valence-corrected chi connectivity index (χ1v) is 7.88. The van der Waals surface area contributed by atoms with Crippen LogP contribution in [-0.2, 0) is 6.42 Å². The molecule has 0 spiro atoms. The number of urea groups is 1. The molecule has 1 aliphatic carbocycles. The van der Waals surface area contributed by atoms with E-state index in [4.69, 9.17) is 0 Å². The van der Waals surface area contributed by atoms with Gasteiger partial charge in [0.25, 0.3) is 0 Å². The van der Waals surface area contributed by atoms with E-state index in [0.717, 1.165) is 18.5 Å². The van der Waals surface area contributed by atoms with Crippen molar-refractivity contribution in [3.63, 3.8) is 0 Å². The average Bonchev–Trinajstić information content (AvgIpc) is 2.50.